The Morgan fingerprint density at radius 3 is 2.61 bits per heavy atom. The van der Waals surface area contributed by atoms with Crippen LogP contribution in [0.1, 0.15) is 31.5 Å². The minimum atomic E-state index is -0.676. The third-order valence-corrected chi connectivity index (χ3v) is 3.83. The molecule has 0 radical (unpaired) electrons. The Hall–Kier alpha value is -1.99. The fourth-order valence-corrected chi connectivity index (χ4v) is 2.78. The van der Waals surface area contributed by atoms with E-state index in [4.69, 9.17) is 0 Å². The number of rotatable bonds is 2. The van der Waals surface area contributed by atoms with Gasteiger partial charge in [-0.3, -0.25) is 10.1 Å². The number of carbonyl (C=O) groups excluding carboxylic acids is 2. The first kappa shape index (κ1) is 11.1. The second-order valence-corrected chi connectivity index (χ2v) is 4.97. The second-order valence-electron chi connectivity index (χ2n) is 4.97. The number of nitrogens with zero attached hydrogens (tertiary/aromatic N) is 3. The number of urea groups is 1. The first-order chi connectivity index (χ1) is 8.68. The van der Waals surface area contributed by atoms with Gasteiger partial charge in [0.25, 0.3) is 5.91 Å². The van der Waals surface area contributed by atoms with E-state index < -0.39 is 5.54 Å². The van der Waals surface area contributed by atoms with Crippen molar-refractivity contribution >= 4 is 11.9 Å². The molecule has 0 bridgehead atoms. The molecule has 3 rings (SSSR count). The average Bonchev–Trinajstić information content (AvgIpc) is 2.92. The molecule has 0 aromatic carbocycles. The Bertz CT molecular complexity index is 463. The summed E-state index contributed by atoms with van der Waals surface area (Å²) >= 11 is 0. The number of hydrogen-bond donors (Lipinski definition) is 3. The maximum atomic E-state index is 11.8. The van der Waals surface area contributed by atoms with E-state index in [1.165, 1.54) is 0 Å². The normalized spacial score (nSPS) is 31.4. The highest BCUT2D eigenvalue weighted by Gasteiger charge is 2.47. The average molecular weight is 250 g/mol. The number of carbonyl (C=O) groups is 2. The van der Waals surface area contributed by atoms with Crippen LogP contribution < -0.4 is 10.6 Å². The van der Waals surface area contributed by atoms with Crippen molar-refractivity contribution in [3.63, 3.8) is 0 Å². The molecule has 1 saturated carbocycles. The van der Waals surface area contributed by atoms with Gasteiger partial charge in [0.05, 0.1) is 0 Å². The summed E-state index contributed by atoms with van der Waals surface area (Å²) in [5, 5.41) is 18.9. The largest absolute Gasteiger partial charge is 0.323 e. The smallest absolute Gasteiger partial charge is 0.322 e. The molecule has 1 saturated heterocycles. The number of aromatic nitrogens is 4. The van der Waals surface area contributed by atoms with Gasteiger partial charge in [0.15, 0.2) is 5.82 Å². The molecule has 1 aliphatic carbocycles. The van der Waals surface area contributed by atoms with Crippen LogP contribution in [0.2, 0.25) is 0 Å². The van der Waals surface area contributed by atoms with Crippen molar-refractivity contribution in [3.8, 4) is 0 Å². The topological polar surface area (TPSA) is 113 Å². The lowest BCUT2D eigenvalue weighted by molar-refractivity contribution is -0.125. The number of H-pyrrole nitrogens is 1. The lowest BCUT2D eigenvalue weighted by atomic mass is 9.75. The summed E-state index contributed by atoms with van der Waals surface area (Å²) in [6.07, 6.45) is 3.87. The Morgan fingerprint density at radius 1 is 1.28 bits per heavy atom. The van der Waals surface area contributed by atoms with Gasteiger partial charge in [-0.05, 0) is 31.6 Å². The highest BCUT2D eigenvalue weighted by atomic mass is 16.2. The molecule has 8 nitrogen and oxygen atoms in total. The zero-order chi connectivity index (χ0) is 12.6. The van der Waals surface area contributed by atoms with Crippen molar-refractivity contribution in [2.45, 2.75) is 37.6 Å². The van der Waals surface area contributed by atoms with Crippen LogP contribution >= 0.6 is 0 Å². The lowest BCUT2D eigenvalue weighted by Gasteiger charge is -2.34. The van der Waals surface area contributed by atoms with E-state index in [0.29, 0.717) is 24.6 Å². The molecule has 3 amide bonds. The van der Waals surface area contributed by atoms with Gasteiger partial charge in [0.1, 0.15) is 5.54 Å². The molecule has 1 aliphatic heterocycles. The highest BCUT2D eigenvalue weighted by Crippen LogP contribution is 2.35. The summed E-state index contributed by atoms with van der Waals surface area (Å²) < 4.78 is 0. The third kappa shape index (κ3) is 1.83. The zero-order valence-corrected chi connectivity index (χ0v) is 9.77. The van der Waals surface area contributed by atoms with Gasteiger partial charge in [-0.15, -0.1) is 10.2 Å². The summed E-state index contributed by atoms with van der Waals surface area (Å²) in [6, 6.07) is -0.378. The molecule has 1 spiro atoms. The molecule has 3 N–H and O–H groups in total. The molecule has 2 aliphatic rings. The molecule has 0 unspecified atom stereocenters. The maximum absolute atomic E-state index is 11.8. The van der Waals surface area contributed by atoms with Gasteiger partial charge in [-0.1, -0.05) is 5.21 Å². The van der Waals surface area contributed by atoms with Crippen LogP contribution in [0.15, 0.2) is 0 Å². The lowest BCUT2D eigenvalue weighted by Crippen LogP contribution is -2.49. The minimum absolute atomic E-state index is 0.189. The number of aromatic amines is 1. The van der Waals surface area contributed by atoms with Gasteiger partial charge < -0.3 is 5.32 Å². The highest BCUT2D eigenvalue weighted by molar-refractivity contribution is 6.07. The molecule has 2 heterocycles. The van der Waals surface area contributed by atoms with Crippen LogP contribution in [0.4, 0.5) is 4.79 Å². The number of amides is 3. The molecule has 18 heavy (non-hydrogen) atoms. The Labute approximate surface area is 103 Å². The van der Waals surface area contributed by atoms with Crippen molar-refractivity contribution in [1.29, 1.82) is 0 Å². The van der Waals surface area contributed by atoms with Crippen molar-refractivity contribution in [3.05, 3.63) is 5.82 Å². The zero-order valence-electron chi connectivity index (χ0n) is 9.77. The summed E-state index contributed by atoms with van der Waals surface area (Å²) in [7, 11) is 0. The molecule has 2 fully saturated rings. The SMILES string of the molecule is O=C1NC(=O)C2(CCC(Cc3nn[nH]n3)CC2)N1. The minimum Gasteiger partial charge on any atom is -0.323 e. The summed E-state index contributed by atoms with van der Waals surface area (Å²) in [6.45, 7) is 0. The maximum Gasteiger partial charge on any atom is 0.322 e. The van der Waals surface area contributed by atoms with Crippen molar-refractivity contribution in [1.82, 2.24) is 31.3 Å². The quantitative estimate of drug-likeness (QED) is 0.613. The monoisotopic (exact) mass is 250 g/mol. The van der Waals surface area contributed by atoms with E-state index in [9.17, 15) is 9.59 Å². The summed E-state index contributed by atoms with van der Waals surface area (Å²) in [4.78, 5) is 22.9. The van der Waals surface area contributed by atoms with E-state index in [0.717, 1.165) is 19.3 Å². The van der Waals surface area contributed by atoms with E-state index in [1.807, 2.05) is 0 Å². The van der Waals surface area contributed by atoms with Gasteiger partial charge >= 0.3 is 6.03 Å². The third-order valence-electron chi connectivity index (χ3n) is 3.83. The molecular formula is C10H14N6O2. The molecule has 0 atom stereocenters. The number of hydrogen-bond acceptors (Lipinski definition) is 5. The first-order valence-electron chi connectivity index (χ1n) is 6.04. The van der Waals surface area contributed by atoms with Crippen LogP contribution in [0.5, 0.6) is 0 Å². The van der Waals surface area contributed by atoms with Crippen LogP contribution in [0.3, 0.4) is 0 Å². The van der Waals surface area contributed by atoms with Crippen LogP contribution in [-0.4, -0.2) is 38.1 Å². The van der Waals surface area contributed by atoms with Gasteiger partial charge in [0, 0.05) is 6.42 Å². The predicted octanol–water partition coefficient (Wildman–Crippen LogP) is -0.489. The number of imide groups is 1. The van der Waals surface area contributed by atoms with Crippen LogP contribution in [-0.2, 0) is 11.2 Å². The fraction of sp³-hybridized carbons (Fsp3) is 0.700. The van der Waals surface area contributed by atoms with Crippen LogP contribution in [0, 0.1) is 5.92 Å². The first-order valence-corrected chi connectivity index (χ1v) is 6.04. The molecule has 8 heteroatoms. The van der Waals surface area contributed by atoms with Gasteiger partial charge in [-0.2, -0.15) is 5.21 Å². The fourth-order valence-electron chi connectivity index (χ4n) is 2.78. The molecule has 1 aromatic rings. The Balaban J connectivity index is 1.61. The molecule has 1 aromatic heterocycles. The standard InChI is InChI=1S/C10H14N6O2/c17-8-10(12-9(18)11-8)3-1-6(2-4-10)5-7-13-15-16-14-7/h6H,1-5H2,(H2,11,12,17,18)(H,13,14,15,16). The number of nitrogens with one attached hydrogen (secondary N) is 3. The van der Waals surface area contributed by atoms with E-state index in [-0.39, 0.29) is 11.9 Å². The van der Waals surface area contributed by atoms with Crippen LogP contribution in [0.25, 0.3) is 0 Å². The summed E-state index contributed by atoms with van der Waals surface area (Å²) in [5.41, 5.74) is -0.676. The Kier molecular flexibility index (Phi) is 2.49. The van der Waals surface area contributed by atoms with E-state index >= 15 is 0 Å². The van der Waals surface area contributed by atoms with Crippen molar-refractivity contribution in [2.75, 3.05) is 0 Å². The second kappa shape index (κ2) is 4.04. The number of tetrazole rings is 1. The van der Waals surface area contributed by atoms with E-state index in [2.05, 4.69) is 31.3 Å². The Morgan fingerprint density at radius 2 is 2.06 bits per heavy atom. The molecular weight excluding hydrogens is 236 g/mol. The van der Waals surface area contributed by atoms with E-state index in [1.54, 1.807) is 0 Å². The van der Waals surface area contributed by atoms with Crippen molar-refractivity contribution < 1.29 is 9.59 Å². The van der Waals surface area contributed by atoms with Gasteiger partial charge in [0.2, 0.25) is 0 Å². The van der Waals surface area contributed by atoms with Gasteiger partial charge in [-0.25, -0.2) is 4.79 Å². The van der Waals surface area contributed by atoms with Crippen molar-refractivity contribution in [2.24, 2.45) is 5.92 Å². The predicted molar refractivity (Wildman–Crippen MR) is 59.2 cm³/mol. The molecule has 96 valence electrons. The summed E-state index contributed by atoms with van der Waals surface area (Å²) in [5.74, 6) is 0.958.